The molecule has 4 bridgehead atoms. The SMILES string of the molecule is FC(F)(F)Oc1ccc(NNc2ccc(Oc3ccc(C45CC6CC(CC(C6)C4)C5)cc3)cc2)cc1. The number of benzene rings is 3. The molecule has 0 saturated heterocycles. The van der Waals surface area contributed by atoms with Gasteiger partial charge in [0.25, 0.3) is 0 Å². The highest BCUT2D eigenvalue weighted by atomic mass is 19.4. The first-order valence-corrected chi connectivity index (χ1v) is 12.6. The Labute approximate surface area is 208 Å². The van der Waals surface area contributed by atoms with Crippen LogP contribution in [-0.2, 0) is 5.41 Å². The Balaban J connectivity index is 1.04. The van der Waals surface area contributed by atoms with Crippen molar-refractivity contribution >= 4 is 11.4 Å². The third kappa shape index (κ3) is 4.97. The lowest BCUT2D eigenvalue weighted by molar-refractivity contribution is -0.274. The van der Waals surface area contributed by atoms with Crippen molar-refractivity contribution in [3.8, 4) is 17.2 Å². The van der Waals surface area contributed by atoms with E-state index in [2.05, 4.69) is 39.9 Å². The standard InChI is InChI=1S/C29H29F3N2O2/c30-29(31,32)36-27-11-5-24(6-12-27)34-33-23-3-9-26(10-4-23)35-25-7-1-22(2-8-25)28-16-19-13-20(17-28)15-21(14-19)18-28/h1-12,19-21,33-34H,13-18H2. The monoisotopic (exact) mass is 494 g/mol. The van der Waals surface area contributed by atoms with E-state index in [0.717, 1.165) is 34.9 Å². The van der Waals surface area contributed by atoms with Crippen LogP contribution in [-0.4, -0.2) is 6.36 Å². The first-order valence-electron chi connectivity index (χ1n) is 12.6. The second-order valence-electron chi connectivity index (χ2n) is 10.7. The summed E-state index contributed by atoms with van der Waals surface area (Å²) in [6.45, 7) is 0. The van der Waals surface area contributed by atoms with Gasteiger partial charge in [-0.15, -0.1) is 13.2 Å². The van der Waals surface area contributed by atoms with Gasteiger partial charge in [0.1, 0.15) is 17.2 Å². The quantitative estimate of drug-likeness (QED) is 0.324. The Bertz CT molecular complexity index is 1160. The van der Waals surface area contributed by atoms with Crippen molar-refractivity contribution in [2.45, 2.75) is 50.3 Å². The number of rotatable bonds is 7. The number of ether oxygens (including phenoxy) is 2. The molecule has 4 aliphatic rings. The predicted molar refractivity (Wildman–Crippen MR) is 133 cm³/mol. The van der Waals surface area contributed by atoms with Crippen molar-refractivity contribution in [1.29, 1.82) is 0 Å². The van der Waals surface area contributed by atoms with Gasteiger partial charge in [-0.25, -0.2) is 0 Å². The third-order valence-electron chi connectivity index (χ3n) is 8.03. The van der Waals surface area contributed by atoms with Gasteiger partial charge in [0.05, 0.1) is 11.4 Å². The lowest BCUT2D eigenvalue weighted by Gasteiger charge is -2.57. The van der Waals surface area contributed by atoms with Crippen molar-refractivity contribution in [3.05, 3.63) is 78.4 Å². The van der Waals surface area contributed by atoms with E-state index >= 15 is 0 Å². The highest BCUT2D eigenvalue weighted by Gasteiger charge is 2.51. The molecule has 188 valence electrons. The Morgan fingerprint density at radius 3 is 1.47 bits per heavy atom. The fraction of sp³-hybridized carbons (Fsp3) is 0.379. The Morgan fingerprint density at radius 2 is 1.03 bits per heavy atom. The smallest absolute Gasteiger partial charge is 0.457 e. The molecular formula is C29H29F3N2O2. The van der Waals surface area contributed by atoms with Gasteiger partial charge < -0.3 is 20.3 Å². The van der Waals surface area contributed by atoms with Gasteiger partial charge in [0.15, 0.2) is 0 Å². The molecule has 36 heavy (non-hydrogen) atoms. The molecule has 0 aromatic heterocycles. The lowest BCUT2D eigenvalue weighted by Crippen LogP contribution is -2.48. The number of alkyl halides is 3. The first-order chi connectivity index (χ1) is 17.3. The average molecular weight is 495 g/mol. The summed E-state index contributed by atoms with van der Waals surface area (Å²) in [6.07, 6.45) is 3.71. The maximum absolute atomic E-state index is 12.3. The first kappa shape index (κ1) is 23.1. The molecule has 4 saturated carbocycles. The molecule has 0 heterocycles. The minimum atomic E-state index is -4.70. The minimum absolute atomic E-state index is 0.263. The molecule has 4 aliphatic carbocycles. The van der Waals surface area contributed by atoms with Crippen molar-refractivity contribution < 1.29 is 22.6 Å². The van der Waals surface area contributed by atoms with Crippen molar-refractivity contribution in [2.24, 2.45) is 17.8 Å². The van der Waals surface area contributed by atoms with E-state index in [1.165, 1.54) is 68.4 Å². The second-order valence-corrected chi connectivity index (χ2v) is 10.7. The summed E-state index contributed by atoms with van der Waals surface area (Å²) in [5, 5.41) is 0. The van der Waals surface area contributed by atoms with E-state index in [9.17, 15) is 13.2 Å². The molecule has 0 unspecified atom stereocenters. The summed E-state index contributed by atoms with van der Waals surface area (Å²) in [6, 6.07) is 21.7. The molecule has 2 N–H and O–H groups in total. The molecule has 0 spiro atoms. The highest BCUT2D eigenvalue weighted by molar-refractivity contribution is 5.55. The Morgan fingerprint density at radius 1 is 0.611 bits per heavy atom. The van der Waals surface area contributed by atoms with Crippen LogP contribution in [0.25, 0.3) is 0 Å². The normalized spacial score (nSPS) is 26.5. The van der Waals surface area contributed by atoms with E-state index in [-0.39, 0.29) is 5.75 Å². The van der Waals surface area contributed by atoms with Gasteiger partial charge in [-0.05, 0) is 128 Å². The maximum atomic E-state index is 12.3. The van der Waals surface area contributed by atoms with Gasteiger partial charge in [-0.3, -0.25) is 0 Å². The summed E-state index contributed by atoms with van der Waals surface area (Å²) >= 11 is 0. The van der Waals surface area contributed by atoms with Crippen LogP contribution in [0.15, 0.2) is 72.8 Å². The number of hydrogen-bond donors (Lipinski definition) is 2. The molecule has 4 fully saturated rings. The molecule has 0 aliphatic heterocycles. The zero-order valence-electron chi connectivity index (χ0n) is 19.9. The van der Waals surface area contributed by atoms with Crippen LogP contribution >= 0.6 is 0 Å². The van der Waals surface area contributed by atoms with Crippen LogP contribution in [0, 0.1) is 17.8 Å². The van der Waals surface area contributed by atoms with Gasteiger partial charge in [0, 0.05) is 0 Å². The third-order valence-corrected chi connectivity index (χ3v) is 8.03. The number of hydrogen-bond acceptors (Lipinski definition) is 4. The Hall–Kier alpha value is -3.35. The molecule has 0 radical (unpaired) electrons. The lowest BCUT2D eigenvalue weighted by atomic mass is 9.48. The topological polar surface area (TPSA) is 42.5 Å². The molecule has 7 rings (SSSR count). The molecule has 0 atom stereocenters. The van der Waals surface area contributed by atoms with E-state index in [1.54, 1.807) is 0 Å². The van der Waals surface area contributed by atoms with E-state index < -0.39 is 6.36 Å². The maximum Gasteiger partial charge on any atom is 0.573 e. The van der Waals surface area contributed by atoms with Crippen molar-refractivity contribution in [3.63, 3.8) is 0 Å². The van der Waals surface area contributed by atoms with Crippen molar-refractivity contribution in [1.82, 2.24) is 0 Å². The van der Waals surface area contributed by atoms with Gasteiger partial charge in [-0.1, -0.05) is 12.1 Å². The molecule has 4 nitrogen and oxygen atoms in total. The fourth-order valence-electron chi connectivity index (χ4n) is 6.97. The van der Waals surface area contributed by atoms with Crippen LogP contribution in [0.5, 0.6) is 17.2 Å². The number of halogens is 3. The Kier molecular flexibility index (Phi) is 5.73. The second kappa shape index (κ2) is 8.95. The van der Waals surface area contributed by atoms with E-state index in [4.69, 9.17) is 4.74 Å². The summed E-state index contributed by atoms with van der Waals surface area (Å²) in [5.74, 6) is 4.07. The predicted octanol–water partition coefficient (Wildman–Crippen LogP) is 8.28. The van der Waals surface area contributed by atoms with Gasteiger partial charge >= 0.3 is 6.36 Å². The molecule has 0 amide bonds. The molecule has 3 aromatic rings. The average Bonchev–Trinajstić information content (AvgIpc) is 2.83. The van der Waals surface area contributed by atoms with Crippen molar-refractivity contribution in [2.75, 3.05) is 10.9 Å². The number of anilines is 2. The van der Waals surface area contributed by atoms with Crippen LogP contribution in [0.1, 0.15) is 44.1 Å². The molecule has 3 aromatic carbocycles. The summed E-state index contributed by atoms with van der Waals surface area (Å²) in [7, 11) is 0. The molecule has 7 heteroatoms. The van der Waals surface area contributed by atoms with Crippen LogP contribution < -0.4 is 20.3 Å². The summed E-state index contributed by atoms with van der Waals surface area (Å²) < 4.78 is 46.8. The van der Waals surface area contributed by atoms with Gasteiger partial charge in [-0.2, -0.15) is 0 Å². The largest absolute Gasteiger partial charge is 0.573 e. The van der Waals surface area contributed by atoms with E-state index in [0.29, 0.717) is 11.1 Å². The minimum Gasteiger partial charge on any atom is -0.457 e. The zero-order chi connectivity index (χ0) is 24.8. The summed E-state index contributed by atoms with van der Waals surface area (Å²) in [5.41, 5.74) is 9.23. The van der Waals surface area contributed by atoms with Crippen LogP contribution in [0.2, 0.25) is 0 Å². The zero-order valence-corrected chi connectivity index (χ0v) is 19.9. The number of hydrazine groups is 1. The van der Waals surface area contributed by atoms with Gasteiger partial charge in [0.2, 0.25) is 0 Å². The molecular weight excluding hydrogens is 465 g/mol. The number of nitrogens with one attached hydrogen (secondary N) is 2. The summed E-state index contributed by atoms with van der Waals surface area (Å²) in [4.78, 5) is 0. The van der Waals surface area contributed by atoms with Crippen LogP contribution in [0.3, 0.4) is 0 Å². The van der Waals surface area contributed by atoms with E-state index in [1.807, 2.05) is 24.3 Å². The van der Waals surface area contributed by atoms with Crippen LogP contribution in [0.4, 0.5) is 24.5 Å². The highest BCUT2D eigenvalue weighted by Crippen LogP contribution is 2.60. The fourth-order valence-corrected chi connectivity index (χ4v) is 6.97.